The number of rotatable bonds is 3. The minimum absolute atomic E-state index is 0.140. The monoisotopic (exact) mass is 211 g/mol. The first kappa shape index (κ1) is 12.2. The van der Waals surface area contributed by atoms with Crippen molar-refractivity contribution in [2.75, 3.05) is 13.1 Å². The first-order chi connectivity index (χ1) is 6.97. The van der Waals surface area contributed by atoms with Crippen LogP contribution in [-0.4, -0.2) is 29.7 Å². The topological polar surface area (TPSA) is 37.4 Å². The standard InChI is InChI=1S/C12H21NO2/c1-4-5-6-11(15)13-8-7-12(2,3)10(14)9-13/h4-9H2,1-3H3. The smallest absolute Gasteiger partial charge is 0.222 e. The lowest BCUT2D eigenvalue weighted by molar-refractivity contribution is -0.142. The summed E-state index contributed by atoms with van der Waals surface area (Å²) in [5.41, 5.74) is -0.235. The highest BCUT2D eigenvalue weighted by atomic mass is 16.2. The summed E-state index contributed by atoms with van der Waals surface area (Å²) in [6, 6.07) is 0. The largest absolute Gasteiger partial charge is 0.335 e. The van der Waals surface area contributed by atoms with Gasteiger partial charge in [0.25, 0.3) is 0 Å². The Labute approximate surface area is 91.8 Å². The van der Waals surface area contributed by atoms with Crippen LogP contribution in [0.2, 0.25) is 0 Å². The molecule has 0 spiro atoms. The normalized spacial score (nSPS) is 20.5. The molecule has 1 rings (SSSR count). The van der Waals surface area contributed by atoms with Gasteiger partial charge >= 0.3 is 0 Å². The second kappa shape index (κ2) is 4.77. The summed E-state index contributed by atoms with van der Waals surface area (Å²) in [6.07, 6.45) is 3.33. The summed E-state index contributed by atoms with van der Waals surface area (Å²) in [5, 5.41) is 0. The van der Waals surface area contributed by atoms with Gasteiger partial charge in [-0.3, -0.25) is 9.59 Å². The van der Waals surface area contributed by atoms with Gasteiger partial charge in [0.1, 0.15) is 0 Å². The molecule has 1 aliphatic rings. The van der Waals surface area contributed by atoms with Gasteiger partial charge in [0, 0.05) is 18.4 Å². The van der Waals surface area contributed by atoms with E-state index in [0.717, 1.165) is 25.8 Å². The molecule has 1 saturated heterocycles. The summed E-state index contributed by atoms with van der Waals surface area (Å²) >= 11 is 0. The number of ketones is 1. The summed E-state index contributed by atoms with van der Waals surface area (Å²) < 4.78 is 0. The maximum atomic E-state index is 11.7. The molecule has 3 nitrogen and oxygen atoms in total. The summed E-state index contributed by atoms with van der Waals surface area (Å²) in [4.78, 5) is 25.1. The number of amides is 1. The van der Waals surface area contributed by atoms with Crippen molar-refractivity contribution in [3.05, 3.63) is 0 Å². The van der Waals surface area contributed by atoms with Gasteiger partial charge in [-0.25, -0.2) is 0 Å². The molecule has 0 atom stereocenters. The minimum atomic E-state index is -0.235. The maximum absolute atomic E-state index is 11.7. The predicted molar refractivity (Wildman–Crippen MR) is 59.5 cm³/mol. The lowest BCUT2D eigenvalue weighted by Gasteiger charge is -2.35. The molecular formula is C12H21NO2. The van der Waals surface area contributed by atoms with E-state index in [1.165, 1.54) is 0 Å². The van der Waals surface area contributed by atoms with Crippen molar-refractivity contribution in [2.24, 2.45) is 5.41 Å². The van der Waals surface area contributed by atoms with Gasteiger partial charge in [0.2, 0.25) is 5.91 Å². The van der Waals surface area contributed by atoms with Crippen LogP contribution in [0.3, 0.4) is 0 Å². The molecule has 0 aromatic rings. The van der Waals surface area contributed by atoms with Crippen LogP contribution >= 0.6 is 0 Å². The molecule has 86 valence electrons. The fraction of sp³-hybridized carbons (Fsp3) is 0.833. The number of hydrogen-bond acceptors (Lipinski definition) is 2. The summed E-state index contributed by atoms with van der Waals surface area (Å²) in [7, 11) is 0. The highest BCUT2D eigenvalue weighted by Crippen LogP contribution is 2.27. The molecule has 1 fully saturated rings. The number of Topliss-reactive ketones (excluding diaryl/α,β-unsaturated/α-hetero) is 1. The molecule has 0 N–H and O–H groups in total. The Morgan fingerprint density at radius 2 is 2.13 bits per heavy atom. The molecule has 0 aromatic heterocycles. The zero-order valence-corrected chi connectivity index (χ0v) is 10.0. The van der Waals surface area contributed by atoms with E-state index in [-0.39, 0.29) is 17.1 Å². The SMILES string of the molecule is CCCCC(=O)N1CCC(C)(C)C(=O)C1. The molecule has 3 heteroatoms. The number of piperidine rings is 1. The van der Waals surface area contributed by atoms with Crippen LogP contribution < -0.4 is 0 Å². The molecule has 0 unspecified atom stereocenters. The third-order valence-corrected chi connectivity index (χ3v) is 3.19. The van der Waals surface area contributed by atoms with Crippen LogP contribution in [0.25, 0.3) is 0 Å². The van der Waals surface area contributed by atoms with Crippen molar-refractivity contribution < 1.29 is 9.59 Å². The maximum Gasteiger partial charge on any atom is 0.222 e. The van der Waals surface area contributed by atoms with E-state index in [1.54, 1.807) is 4.90 Å². The fourth-order valence-corrected chi connectivity index (χ4v) is 1.72. The Kier molecular flexibility index (Phi) is 3.89. The van der Waals surface area contributed by atoms with Crippen molar-refractivity contribution in [2.45, 2.75) is 46.5 Å². The summed E-state index contributed by atoms with van der Waals surface area (Å²) in [5.74, 6) is 0.333. The van der Waals surface area contributed by atoms with Crippen LogP contribution in [0.1, 0.15) is 46.5 Å². The quantitative estimate of drug-likeness (QED) is 0.716. The highest BCUT2D eigenvalue weighted by Gasteiger charge is 2.34. The van der Waals surface area contributed by atoms with Gasteiger partial charge in [-0.2, -0.15) is 0 Å². The van der Waals surface area contributed by atoms with E-state index in [4.69, 9.17) is 0 Å². The molecule has 1 heterocycles. The molecule has 15 heavy (non-hydrogen) atoms. The third-order valence-electron chi connectivity index (χ3n) is 3.19. The molecular weight excluding hydrogens is 190 g/mol. The average molecular weight is 211 g/mol. The number of likely N-dealkylation sites (tertiary alicyclic amines) is 1. The van der Waals surface area contributed by atoms with Gasteiger partial charge in [-0.1, -0.05) is 27.2 Å². The van der Waals surface area contributed by atoms with Crippen LogP contribution in [0.15, 0.2) is 0 Å². The van der Waals surface area contributed by atoms with Gasteiger partial charge < -0.3 is 4.90 Å². The average Bonchev–Trinajstić information content (AvgIpc) is 2.18. The van der Waals surface area contributed by atoms with Crippen LogP contribution in [0.5, 0.6) is 0 Å². The summed E-state index contributed by atoms with van der Waals surface area (Å²) in [6.45, 7) is 7.04. The molecule has 0 aliphatic carbocycles. The lowest BCUT2D eigenvalue weighted by Crippen LogP contribution is -2.47. The van der Waals surface area contributed by atoms with Gasteiger partial charge in [0.05, 0.1) is 6.54 Å². The van der Waals surface area contributed by atoms with Crippen LogP contribution in [0, 0.1) is 5.41 Å². The third kappa shape index (κ3) is 3.05. The zero-order chi connectivity index (χ0) is 11.5. The molecule has 0 saturated carbocycles. The first-order valence-corrected chi connectivity index (χ1v) is 5.78. The molecule has 0 bridgehead atoms. The Morgan fingerprint density at radius 3 is 2.67 bits per heavy atom. The molecule has 1 amide bonds. The van der Waals surface area contributed by atoms with Crippen LogP contribution in [-0.2, 0) is 9.59 Å². The number of unbranched alkanes of at least 4 members (excludes halogenated alkanes) is 1. The van der Waals surface area contributed by atoms with E-state index in [9.17, 15) is 9.59 Å². The molecule has 0 aromatic carbocycles. The van der Waals surface area contributed by atoms with Gasteiger partial charge in [-0.15, -0.1) is 0 Å². The van der Waals surface area contributed by atoms with Crippen LogP contribution in [0.4, 0.5) is 0 Å². The number of hydrogen-bond donors (Lipinski definition) is 0. The van der Waals surface area contributed by atoms with E-state index >= 15 is 0 Å². The second-order valence-electron chi connectivity index (χ2n) is 4.98. The fourth-order valence-electron chi connectivity index (χ4n) is 1.72. The number of carbonyl (C=O) groups is 2. The van der Waals surface area contributed by atoms with Crippen molar-refractivity contribution in [1.29, 1.82) is 0 Å². The number of nitrogens with zero attached hydrogens (tertiary/aromatic N) is 1. The van der Waals surface area contributed by atoms with E-state index in [1.807, 2.05) is 13.8 Å². The predicted octanol–water partition coefficient (Wildman–Crippen LogP) is 2.00. The first-order valence-electron chi connectivity index (χ1n) is 5.78. The Hall–Kier alpha value is -0.860. The van der Waals surface area contributed by atoms with Crippen molar-refractivity contribution >= 4 is 11.7 Å². The Morgan fingerprint density at radius 1 is 1.47 bits per heavy atom. The van der Waals surface area contributed by atoms with E-state index in [2.05, 4.69) is 6.92 Å². The van der Waals surface area contributed by atoms with Gasteiger partial charge in [0.15, 0.2) is 5.78 Å². The zero-order valence-electron chi connectivity index (χ0n) is 10.0. The van der Waals surface area contributed by atoms with E-state index in [0.29, 0.717) is 13.0 Å². The lowest BCUT2D eigenvalue weighted by atomic mass is 9.81. The molecule has 0 radical (unpaired) electrons. The van der Waals surface area contributed by atoms with Crippen molar-refractivity contribution in [3.8, 4) is 0 Å². The highest BCUT2D eigenvalue weighted by molar-refractivity contribution is 5.90. The Balaban J connectivity index is 2.47. The number of carbonyl (C=O) groups excluding carboxylic acids is 2. The van der Waals surface area contributed by atoms with Gasteiger partial charge in [-0.05, 0) is 12.8 Å². The van der Waals surface area contributed by atoms with Crippen molar-refractivity contribution in [1.82, 2.24) is 4.90 Å². The minimum Gasteiger partial charge on any atom is -0.335 e. The Bertz CT molecular complexity index is 258. The van der Waals surface area contributed by atoms with E-state index < -0.39 is 0 Å². The second-order valence-corrected chi connectivity index (χ2v) is 4.98. The van der Waals surface area contributed by atoms with Crippen molar-refractivity contribution in [3.63, 3.8) is 0 Å². The molecule has 1 aliphatic heterocycles.